The number of likely N-dealkylation sites (N-methyl/N-ethyl adjacent to an activating group) is 1. The number of nitrogens with zero attached hydrogens (tertiary/aromatic N) is 2. The van der Waals surface area contributed by atoms with Crippen LogP contribution in [0.5, 0.6) is 0 Å². The Balaban J connectivity index is 1.72. The van der Waals surface area contributed by atoms with Gasteiger partial charge in [0.05, 0.1) is 6.61 Å². The van der Waals surface area contributed by atoms with Crippen LogP contribution in [-0.2, 0) is 17.8 Å². The molecule has 1 heterocycles. The Kier molecular flexibility index (Phi) is 7.16. The maximum atomic E-state index is 5.03. The molecule has 1 aromatic carbocycles. The molecule has 1 fully saturated rings. The molecule has 0 spiro atoms. The molecule has 0 aliphatic carbocycles. The van der Waals surface area contributed by atoms with E-state index in [2.05, 4.69) is 46.3 Å². The van der Waals surface area contributed by atoms with Crippen molar-refractivity contribution in [3.63, 3.8) is 0 Å². The summed E-state index contributed by atoms with van der Waals surface area (Å²) < 4.78 is 5.03. The summed E-state index contributed by atoms with van der Waals surface area (Å²) in [4.78, 5) is 5.07. The minimum atomic E-state index is 0.766. The van der Waals surface area contributed by atoms with Gasteiger partial charge in [-0.2, -0.15) is 0 Å². The topological polar surface area (TPSA) is 27.7 Å². The molecule has 0 radical (unpaired) electrons. The lowest BCUT2D eigenvalue weighted by molar-refractivity contribution is 0.132. The van der Waals surface area contributed by atoms with Crippen LogP contribution in [0.25, 0.3) is 0 Å². The highest BCUT2D eigenvalue weighted by atomic mass is 16.5. The zero-order valence-electron chi connectivity index (χ0n) is 13.5. The van der Waals surface area contributed by atoms with Gasteiger partial charge in [0, 0.05) is 52.9 Å². The molecule has 0 bridgehead atoms. The first kappa shape index (κ1) is 16.4. The molecule has 21 heavy (non-hydrogen) atoms. The van der Waals surface area contributed by atoms with E-state index in [0.717, 1.165) is 26.2 Å². The third-order valence-electron chi connectivity index (χ3n) is 4.15. The number of piperazine rings is 1. The fraction of sp³-hybridized carbons (Fsp3) is 0.647. The van der Waals surface area contributed by atoms with Crippen LogP contribution in [0.2, 0.25) is 0 Å². The largest absolute Gasteiger partial charge is 0.383 e. The molecule has 1 aliphatic rings. The summed E-state index contributed by atoms with van der Waals surface area (Å²) in [6.07, 6.45) is 0. The molecule has 0 saturated carbocycles. The second-order valence-electron chi connectivity index (χ2n) is 5.70. The molecule has 118 valence electrons. The lowest BCUT2D eigenvalue weighted by atomic mass is 10.1. The van der Waals surface area contributed by atoms with Crippen LogP contribution < -0.4 is 5.32 Å². The number of hydrogen-bond donors (Lipinski definition) is 1. The predicted octanol–water partition coefficient (Wildman–Crippen LogP) is 1.56. The quantitative estimate of drug-likeness (QED) is 0.736. The van der Waals surface area contributed by atoms with Gasteiger partial charge in [-0.1, -0.05) is 31.2 Å². The molecular weight excluding hydrogens is 262 g/mol. The average Bonchev–Trinajstić information content (AvgIpc) is 2.54. The van der Waals surface area contributed by atoms with E-state index in [1.807, 2.05) is 0 Å². The normalized spacial score (nSPS) is 17.2. The van der Waals surface area contributed by atoms with Crippen LogP contribution >= 0.6 is 0 Å². The fourth-order valence-corrected chi connectivity index (χ4v) is 2.69. The Labute approximate surface area is 129 Å². The number of rotatable bonds is 8. The van der Waals surface area contributed by atoms with Gasteiger partial charge in [0.25, 0.3) is 0 Å². The molecule has 0 unspecified atom stereocenters. The van der Waals surface area contributed by atoms with Gasteiger partial charge in [-0.05, 0) is 17.7 Å². The number of hydrogen-bond acceptors (Lipinski definition) is 4. The van der Waals surface area contributed by atoms with Crippen molar-refractivity contribution >= 4 is 0 Å². The van der Waals surface area contributed by atoms with Gasteiger partial charge in [0.1, 0.15) is 0 Å². The van der Waals surface area contributed by atoms with Crippen LogP contribution in [0.15, 0.2) is 24.3 Å². The van der Waals surface area contributed by atoms with Gasteiger partial charge in [-0.25, -0.2) is 0 Å². The van der Waals surface area contributed by atoms with Crippen LogP contribution in [0.3, 0.4) is 0 Å². The van der Waals surface area contributed by atoms with Crippen molar-refractivity contribution in [3.8, 4) is 0 Å². The summed E-state index contributed by atoms with van der Waals surface area (Å²) >= 11 is 0. The molecule has 4 heteroatoms. The second kappa shape index (κ2) is 9.15. The maximum Gasteiger partial charge on any atom is 0.0587 e. The summed E-state index contributed by atoms with van der Waals surface area (Å²) in [6, 6.07) is 8.99. The van der Waals surface area contributed by atoms with Crippen LogP contribution in [0.4, 0.5) is 0 Å². The zero-order chi connectivity index (χ0) is 14.9. The van der Waals surface area contributed by atoms with Crippen molar-refractivity contribution in [1.82, 2.24) is 15.1 Å². The minimum absolute atomic E-state index is 0.766. The lowest BCUT2D eigenvalue weighted by Crippen LogP contribution is -2.45. The smallest absolute Gasteiger partial charge is 0.0587 e. The first-order valence-electron chi connectivity index (χ1n) is 8.04. The van der Waals surface area contributed by atoms with Gasteiger partial charge in [0.2, 0.25) is 0 Å². The van der Waals surface area contributed by atoms with E-state index in [-0.39, 0.29) is 0 Å². The van der Waals surface area contributed by atoms with Crippen LogP contribution in [-0.4, -0.2) is 62.8 Å². The fourth-order valence-electron chi connectivity index (χ4n) is 2.69. The van der Waals surface area contributed by atoms with Gasteiger partial charge in [-0.3, -0.25) is 4.90 Å². The van der Waals surface area contributed by atoms with E-state index < -0.39 is 0 Å². The Morgan fingerprint density at radius 1 is 1.00 bits per heavy atom. The predicted molar refractivity (Wildman–Crippen MR) is 87.4 cm³/mol. The van der Waals surface area contributed by atoms with Crippen molar-refractivity contribution in [2.24, 2.45) is 0 Å². The molecule has 2 rings (SSSR count). The third kappa shape index (κ3) is 5.75. The standard InChI is InChI=1S/C17H29N3O/c1-3-19-9-11-20(12-10-19)15-17-6-4-16(5-7-17)14-18-8-13-21-2/h4-7,18H,3,8-15H2,1-2H3. The van der Waals surface area contributed by atoms with Crippen molar-refractivity contribution in [2.45, 2.75) is 20.0 Å². The number of ether oxygens (including phenoxy) is 1. The van der Waals surface area contributed by atoms with E-state index >= 15 is 0 Å². The monoisotopic (exact) mass is 291 g/mol. The molecule has 1 N–H and O–H groups in total. The zero-order valence-corrected chi connectivity index (χ0v) is 13.5. The Bertz CT molecular complexity index is 386. The van der Waals surface area contributed by atoms with Gasteiger partial charge in [0.15, 0.2) is 0 Å². The molecule has 1 aliphatic heterocycles. The first-order valence-corrected chi connectivity index (χ1v) is 8.04. The molecule has 4 nitrogen and oxygen atoms in total. The molecule has 1 saturated heterocycles. The van der Waals surface area contributed by atoms with Gasteiger partial charge in [-0.15, -0.1) is 0 Å². The van der Waals surface area contributed by atoms with E-state index in [9.17, 15) is 0 Å². The van der Waals surface area contributed by atoms with Crippen molar-refractivity contribution in [3.05, 3.63) is 35.4 Å². The average molecular weight is 291 g/mol. The van der Waals surface area contributed by atoms with Gasteiger partial charge < -0.3 is 15.0 Å². The van der Waals surface area contributed by atoms with E-state index in [1.54, 1.807) is 7.11 Å². The van der Waals surface area contributed by atoms with Crippen LogP contribution in [0.1, 0.15) is 18.1 Å². The van der Waals surface area contributed by atoms with Crippen molar-refractivity contribution < 1.29 is 4.74 Å². The maximum absolute atomic E-state index is 5.03. The summed E-state index contributed by atoms with van der Waals surface area (Å²) in [5, 5.41) is 3.37. The highest BCUT2D eigenvalue weighted by Crippen LogP contribution is 2.10. The number of nitrogens with one attached hydrogen (secondary N) is 1. The van der Waals surface area contributed by atoms with Crippen molar-refractivity contribution in [2.75, 3.05) is 53.0 Å². The number of benzene rings is 1. The highest BCUT2D eigenvalue weighted by molar-refractivity contribution is 5.22. The second-order valence-corrected chi connectivity index (χ2v) is 5.70. The van der Waals surface area contributed by atoms with E-state index in [1.165, 1.54) is 43.9 Å². The lowest BCUT2D eigenvalue weighted by Gasteiger charge is -2.34. The van der Waals surface area contributed by atoms with Gasteiger partial charge >= 0.3 is 0 Å². The Morgan fingerprint density at radius 3 is 2.24 bits per heavy atom. The summed E-state index contributed by atoms with van der Waals surface area (Å²) in [5.74, 6) is 0. The molecule has 0 aromatic heterocycles. The first-order chi connectivity index (χ1) is 10.3. The summed E-state index contributed by atoms with van der Waals surface area (Å²) in [5.41, 5.74) is 2.76. The molecule has 1 aromatic rings. The van der Waals surface area contributed by atoms with Crippen LogP contribution in [0, 0.1) is 0 Å². The highest BCUT2D eigenvalue weighted by Gasteiger charge is 2.15. The van der Waals surface area contributed by atoms with E-state index in [4.69, 9.17) is 4.74 Å². The number of methoxy groups -OCH3 is 1. The molecular formula is C17H29N3O. The minimum Gasteiger partial charge on any atom is -0.383 e. The Morgan fingerprint density at radius 2 is 1.62 bits per heavy atom. The molecule has 0 amide bonds. The third-order valence-corrected chi connectivity index (χ3v) is 4.15. The van der Waals surface area contributed by atoms with Crippen molar-refractivity contribution in [1.29, 1.82) is 0 Å². The Hall–Kier alpha value is -0.940. The van der Waals surface area contributed by atoms with E-state index in [0.29, 0.717) is 0 Å². The summed E-state index contributed by atoms with van der Waals surface area (Å²) in [7, 11) is 1.73. The summed E-state index contributed by atoms with van der Waals surface area (Å²) in [6.45, 7) is 11.9. The SMILES string of the molecule is CCN1CCN(Cc2ccc(CNCCOC)cc2)CC1. The molecule has 0 atom stereocenters.